The third-order valence-corrected chi connectivity index (χ3v) is 3.36. The van der Waals surface area contributed by atoms with Crippen LogP contribution in [-0.4, -0.2) is 38.0 Å². The number of piperidine rings is 1. The molecule has 0 unspecified atom stereocenters. The SMILES string of the molecule is CN(C)Cc1cccc(NC(=O)[C@H]2CCCNC2)c1. The fourth-order valence-corrected chi connectivity index (χ4v) is 2.43. The van der Waals surface area contributed by atoms with Crippen LogP contribution in [0.25, 0.3) is 0 Å². The lowest BCUT2D eigenvalue weighted by Crippen LogP contribution is -2.37. The molecule has 4 heteroatoms. The fourth-order valence-electron chi connectivity index (χ4n) is 2.43. The molecule has 0 aromatic heterocycles. The van der Waals surface area contributed by atoms with Gasteiger partial charge in [0.15, 0.2) is 0 Å². The Bertz CT molecular complexity index is 425. The van der Waals surface area contributed by atoms with E-state index in [9.17, 15) is 4.79 Å². The van der Waals surface area contributed by atoms with Gasteiger partial charge in [0.05, 0.1) is 5.92 Å². The number of benzene rings is 1. The highest BCUT2D eigenvalue weighted by molar-refractivity contribution is 5.92. The third kappa shape index (κ3) is 4.33. The lowest BCUT2D eigenvalue weighted by molar-refractivity contribution is -0.120. The van der Waals surface area contributed by atoms with Gasteiger partial charge in [0, 0.05) is 18.8 Å². The van der Waals surface area contributed by atoms with E-state index in [-0.39, 0.29) is 11.8 Å². The molecule has 1 aliphatic rings. The molecule has 1 aromatic rings. The molecule has 1 aromatic carbocycles. The molecule has 104 valence electrons. The maximum absolute atomic E-state index is 12.1. The van der Waals surface area contributed by atoms with Crippen molar-refractivity contribution in [2.24, 2.45) is 5.92 Å². The van der Waals surface area contributed by atoms with Gasteiger partial charge in [0.25, 0.3) is 0 Å². The van der Waals surface area contributed by atoms with Gasteiger partial charge in [-0.1, -0.05) is 12.1 Å². The first-order chi connectivity index (χ1) is 9.15. The van der Waals surface area contributed by atoms with Gasteiger partial charge in [0.1, 0.15) is 0 Å². The molecular formula is C15H23N3O. The molecule has 2 N–H and O–H groups in total. The molecule has 0 bridgehead atoms. The number of rotatable bonds is 4. The van der Waals surface area contributed by atoms with Crippen molar-refractivity contribution in [3.05, 3.63) is 29.8 Å². The number of nitrogens with one attached hydrogen (secondary N) is 2. The summed E-state index contributed by atoms with van der Waals surface area (Å²) in [7, 11) is 4.08. The molecular weight excluding hydrogens is 238 g/mol. The minimum Gasteiger partial charge on any atom is -0.326 e. The summed E-state index contributed by atoms with van der Waals surface area (Å²) in [6.45, 7) is 2.71. The summed E-state index contributed by atoms with van der Waals surface area (Å²) >= 11 is 0. The minimum atomic E-state index is 0.103. The van der Waals surface area contributed by atoms with E-state index >= 15 is 0 Å². The van der Waals surface area contributed by atoms with Gasteiger partial charge in [0.2, 0.25) is 5.91 Å². The van der Waals surface area contributed by atoms with Crippen LogP contribution in [0.2, 0.25) is 0 Å². The van der Waals surface area contributed by atoms with Gasteiger partial charge in [-0.15, -0.1) is 0 Å². The summed E-state index contributed by atoms with van der Waals surface area (Å²) in [5.74, 6) is 0.237. The lowest BCUT2D eigenvalue weighted by atomic mass is 9.99. The Kier molecular flexibility index (Phi) is 4.93. The highest BCUT2D eigenvalue weighted by Crippen LogP contribution is 2.16. The van der Waals surface area contributed by atoms with E-state index in [0.717, 1.165) is 38.2 Å². The molecule has 0 aliphatic carbocycles. The van der Waals surface area contributed by atoms with E-state index in [1.165, 1.54) is 5.56 Å². The fraction of sp³-hybridized carbons (Fsp3) is 0.533. The average Bonchev–Trinajstić information content (AvgIpc) is 2.39. The highest BCUT2D eigenvalue weighted by Gasteiger charge is 2.20. The Labute approximate surface area is 115 Å². The van der Waals surface area contributed by atoms with Crippen LogP contribution in [0, 0.1) is 5.92 Å². The van der Waals surface area contributed by atoms with Gasteiger partial charge < -0.3 is 15.5 Å². The molecule has 1 amide bonds. The summed E-state index contributed by atoms with van der Waals surface area (Å²) in [5, 5.41) is 6.30. The predicted octanol–water partition coefficient (Wildman–Crippen LogP) is 1.69. The van der Waals surface area contributed by atoms with Crippen molar-refractivity contribution < 1.29 is 4.79 Å². The zero-order valence-electron chi connectivity index (χ0n) is 11.8. The van der Waals surface area contributed by atoms with Crippen LogP contribution in [0.4, 0.5) is 5.69 Å². The normalized spacial score (nSPS) is 19.4. The Hall–Kier alpha value is -1.39. The van der Waals surface area contributed by atoms with E-state index in [2.05, 4.69) is 21.6 Å². The van der Waals surface area contributed by atoms with Crippen molar-refractivity contribution in [1.82, 2.24) is 10.2 Å². The Morgan fingerprint density at radius 2 is 2.32 bits per heavy atom. The molecule has 1 fully saturated rings. The van der Waals surface area contributed by atoms with Gasteiger partial charge in [-0.2, -0.15) is 0 Å². The average molecular weight is 261 g/mol. The predicted molar refractivity (Wildman–Crippen MR) is 78.1 cm³/mol. The van der Waals surface area contributed by atoms with Crippen molar-refractivity contribution in [3.8, 4) is 0 Å². The Morgan fingerprint density at radius 3 is 3.00 bits per heavy atom. The monoisotopic (exact) mass is 261 g/mol. The van der Waals surface area contributed by atoms with Crippen molar-refractivity contribution in [2.75, 3.05) is 32.5 Å². The summed E-state index contributed by atoms with van der Waals surface area (Å²) in [4.78, 5) is 14.3. The maximum atomic E-state index is 12.1. The molecule has 0 spiro atoms. The van der Waals surface area contributed by atoms with Gasteiger partial charge in [-0.3, -0.25) is 4.79 Å². The number of carbonyl (C=O) groups excluding carboxylic acids is 1. The second-order valence-electron chi connectivity index (χ2n) is 5.47. The van der Waals surface area contributed by atoms with Crippen LogP contribution < -0.4 is 10.6 Å². The van der Waals surface area contributed by atoms with E-state index < -0.39 is 0 Å². The van der Waals surface area contributed by atoms with Crippen LogP contribution in [-0.2, 0) is 11.3 Å². The minimum absolute atomic E-state index is 0.103. The van der Waals surface area contributed by atoms with E-state index in [4.69, 9.17) is 0 Å². The topological polar surface area (TPSA) is 44.4 Å². The van der Waals surface area contributed by atoms with E-state index in [0.29, 0.717) is 0 Å². The van der Waals surface area contributed by atoms with Gasteiger partial charge in [-0.05, 0) is 51.2 Å². The van der Waals surface area contributed by atoms with Crippen molar-refractivity contribution in [2.45, 2.75) is 19.4 Å². The van der Waals surface area contributed by atoms with Gasteiger partial charge >= 0.3 is 0 Å². The number of carbonyl (C=O) groups is 1. The largest absolute Gasteiger partial charge is 0.326 e. The van der Waals surface area contributed by atoms with Crippen LogP contribution >= 0.6 is 0 Å². The van der Waals surface area contributed by atoms with E-state index in [1.54, 1.807) is 0 Å². The van der Waals surface area contributed by atoms with Crippen molar-refractivity contribution >= 4 is 11.6 Å². The molecule has 1 aliphatic heterocycles. The van der Waals surface area contributed by atoms with Crippen LogP contribution in [0.1, 0.15) is 18.4 Å². The molecule has 2 rings (SSSR count). The zero-order valence-corrected chi connectivity index (χ0v) is 11.8. The summed E-state index contributed by atoms with van der Waals surface area (Å²) in [5.41, 5.74) is 2.11. The summed E-state index contributed by atoms with van der Waals surface area (Å²) < 4.78 is 0. The number of hydrogen-bond acceptors (Lipinski definition) is 3. The second kappa shape index (κ2) is 6.68. The smallest absolute Gasteiger partial charge is 0.228 e. The number of nitrogens with zero attached hydrogens (tertiary/aromatic N) is 1. The molecule has 1 heterocycles. The molecule has 1 atom stereocenters. The highest BCUT2D eigenvalue weighted by atomic mass is 16.1. The van der Waals surface area contributed by atoms with Crippen LogP contribution in [0.5, 0.6) is 0 Å². The molecule has 1 saturated heterocycles. The molecule has 0 radical (unpaired) electrons. The van der Waals surface area contributed by atoms with Crippen molar-refractivity contribution in [3.63, 3.8) is 0 Å². The van der Waals surface area contributed by atoms with Crippen molar-refractivity contribution in [1.29, 1.82) is 0 Å². The second-order valence-corrected chi connectivity index (χ2v) is 5.47. The first-order valence-electron chi connectivity index (χ1n) is 6.90. The molecule has 0 saturated carbocycles. The zero-order chi connectivity index (χ0) is 13.7. The Morgan fingerprint density at radius 1 is 1.47 bits per heavy atom. The summed E-state index contributed by atoms with van der Waals surface area (Å²) in [6.07, 6.45) is 2.06. The van der Waals surface area contributed by atoms with E-state index in [1.807, 2.05) is 32.3 Å². The first-order valence-corrected chi connectivity index (χ1v) is 6.90. The summed E-state index contributed by atoms with van der Waals surface area (Å²) in [6, 6.07) is 8.08. The van der Waals surface area contributed by atoms with Crippen LogP contribution in [0.15, 0.2) is 24.3 Å². The lowest BCUT2D eigenvalue weighted by Gasteiger charge is -2.22. The standard InChI is InChI=1S/C15H23N3O/c1-18(2)11-12-5-3-7-14(9-12)17-15(19)13-6-4-8-16-10-13/h3,5,7,9,13,16H,4,6,8,10-11H2,1-2H3,(H,17,19)/t13-/m0/s1. The number of anilines is 1. The Balaban J connectivity index is 1.96. The number of hydrogen-bond donors (Lipinski definition) is 2. The third-order valence-electron chi connectivity index (χ3n) is 3.36. The van der Waals surface area contributed by atoms with Gasteiger partial charge in [-0.25, -0.2) is 0 Å². The number of amides is 1. The van der Waals surface area contributed by atoms with Crippen LogP contribution in [0.3, 0.4) is 0 Å². The first kappa shape index (κ1) is 14.0. The molecule has 4 nitrogen and oxygen atoms in total. The molecule has 19 heavy (non-hydrogen) atoms. The maximum Gasteiger partial charge on any atom is 0.228 e. The quantitative estimate of drug-likeness (QED) is 0.867.